The van der Waals surface area contributed by atoms with Gasteiger partial charge in [-0.15, -0.1) is 0 Å². The van der Waals surface area contributed by atoms with E-state index in [9.17, 15) is 8.42 Å². The Morgan fingerprint density at radius 3 is 2.44 bits per heavy atom. The van der Waals surface area contributed by atoms with Gasteiger partial charge in [0.15, 0.2) is 0 Å². The number of hydrogen-bond donors (Lipinski definition) is 2. The molecule has 0 aliphatic heterocycles. The van der Waals surface area contributed by atoms with Crippen molar-refractivity contribution in [1.82, 2.24) is 9.55 Å². The number of nitrogens with zero attached hydrogens (tertiary/aromatic N) is 2. The second-order valence-corrected chi connectivity index (χ2v) is 4.81. The smallest absolute Gasteiger partial charge is 0.266 e. The van der Waals surface area contributed by atoms with Crippen molar-refractivity contribution in [2.24, 2.45) is 5.73 Å². The van der Waals surface area contributed by atoms with Crippen LogP contribution in [0.4, 0.5) is 0 Å². The van der Waals surface area contributed by atoms with E-state index in [4.69, 9.17) is 10.3 Å². The average molecular weight is 249 g/mol. The highest BCUT2D eigenvalue weighted by molar-refractivity contribution is 7.85. The Kier molecular flexibility index (Phi) is 6.95. The summed E-state index contributed by atoms with van der Waals surface area (Å²) in [6.45, 7) is 5.25. The summed E-state index contributed by atoms with van der Waals surface area (Å²) in [4.78, 5) is 4.10. The first kappa shape index (κ1) is 15.1. The highest BCUT2D eigenvalue weighted by atomic mass is 32.2. The van der Waals surface area contributed by atoms with Gasteiger partial charge in [0.1, 0.15) is 5.82 Å². The summed E-state index contributed by atoms with van der Waals surface area (Å²) in [5, 5.41) is 0. The van der Waals surface area contributed by atoms with Crippen LogP contribution in [0, 0.1) is 6.92 Å². The number of rotatable bonds is 4. The summed E-state index contributed by atoms with van der Waals surface area (Å²) in [5.74, 6) is 0.754. The lowest BCUT2D eigenvalue weighted by Gasteiger charge is -1.99. The molecule has 0 aliphatic rings. The quantitative estimate of drug-likeness (QED) is 0.754. The fourth-order valence-corrected chi connectivity index (χ4v) is 1.33. The van der Waals surface area contributed by atoms with Crippen molar-refractivity contribution in [2.45, 2.75) is 26.8 Å². The molecule has 0 fully saturated rings. The zero-order valence-electron chi connectivity index (χ0n) is 9.63. The van der Waals surface area contributed by atoms with Crippen LogP contribution >= 0.6 is 0 Å². The van der Waals surface area contributed by atoms with E-state index in [1.54, 1.807) is 0 Å². The molecule has 0 unspecified atom stereocenters. The largest absolute Gasteiger partial charge is 0.335 e. The molecule has 1 rings (SSSR count). The van der Waals surface area contributed by atoms with Crippen LogP contribution in [-0.4, -0.2) is 34.8 Å². The molecule has 0 saturated heterocycles. The molecule has 0 aliphatic carbocycles. The molecule has 0 bridgehead atoms. The van der Waals surface area contributed by atoms with Gasteiger partial charge in [-0.1, -0.05) is 6.92 Å². The van der Waals surface area contributed by atoms with Gasteiger partial charge in [0.25, 0.3) is 10.1 Å². The van der Waals surface area contributed by atoms with Gasteiger partial charge < -0.3 is 10.3 Å². The molecular weight excluding hydrogens is 230 g/mol. The van der Waals surface area contributed by atoms with Gasteiger partial charge in [-0.25, -0.2) is 4.98 Å². The van der Waals surface area contributed by atoms with Crippen molar-refractivity contribution >= 4 is 10.1 Å². The number of nitrogens with two attached hydrogens (primary N) is 1. The highest BCUT2D eigenvalue weighted by Gasteiger charge is 1.98. The molecule has 0 amide bonds. The fraction of sp³-hybridized carbons (Fsp3) is 0.667. The summed E-state index contributed by atoms with van der Waals surface area (Å²) < 4.78 is 29.5. The molecule has 16 heavy (non-hydrogen) atoms. The van der Waals surface area contributed by atoms with E-state index in [2.05, 4.69) is 16.5 Å². The first-order chi connectivity index (χ1) is 7.40. The molecule has 1 aromatic heterocycles. The molecule has 1 heterocycles. The number of hydrogen-bond acceptors (Lipinski definition) is 4. The van der Waals surface area contributed by atoms with E-state index >= 15 is 0 Å². The first-order valence-corrected chi connectivity index (χ1v) is 6.64. The molecule has 0 saturated carbocycles. The van der Waals surface area contributed by atoms with Crippen molar-refractivity contribution < 1.29 is 13.0 Å². The summed E-state index contributed by atoms with van der Waals surface area (Å²) in [6, 6.07) is 0. The second-order valence-electron chi connectivity index (χ2n) is 3.24. The van der Waals surface area contributed by atoms with E-state index < -0.39 is 10.1 Å². The third kappa shape index (κ3) is 7.38. The topological polar surface area (TPSA) is 98.2 Å². The summed E-state index contributed by atoms with van der Waals surface area (Å²) in [6.07, 6.45) is 5.03. The van der Waals surface area contributed by atoms with Crippen molar-refractivity contribution in [1.29, 1.82) is 0 Å². The van der Waals surface area contributed by atoms with Crippen LogP contribution in [-0.2, 0) is 16.7 Å². The third-order valence-electron chi connectivity index (χ3n) is 1.76. The van der Waals surface area contributed by atoms with Crippen LogP contribution in [0.5, 0.6) is 0 Å². The van der Waals surface area contributed by atoms with Gasteiger partial charge in [0.05, 0.1) is 5.75 Å². The summed E-state index contributed by atoms with van der Waals surface area (Å²) in [7, 11) is -3.80. The Hall–Kier alpha value is -0.920. The summed E-state index contributed by atoms with van der Waals surface area (Å²) >= 11 is 0. The van der Waals surface area contributed by atoms with E-state index in [0.717, 1.165) is 12.4 Å². The van der Waals surface area contributed by atoms with Crippen LogP contribution in [0.1, 0.15) is 19.2 Å². The van der Waals surface area contributed by atoms with Crippen molar-refractivity contribution in [2.75, 3.05) is 12.3 Å². The molecular formula is C9H19N3O3S. The number of aryl methyl sites for hydroxylation is 2. The van der Waals surface area contributed by atoms with Crippen molar-refractivity contribution in [3.05, 3.63) is 18.2 Å². The minimum absolute atomic E-state index is 0.0289. The van der Waals surface area contributed by atoms with Crippen LogP contribution in [0.15, 0.2) is 12.4 Å². The maximum Gasteiger partial charge on any atom is 0.266 e. The van der Waals surface area contributed by atoms with Crippen LogP contribution in [0.2, 0.25) is 0 Å². The Labute approximate surface area is 96.2 Å². The van der Waals surface area contributed by atoms with Crippen molar-refractivity contribution in [3.63, 3.8) is 0 Å². The standard InChI is InChI=1S/C7H12N2.C2H7NO3S/c1-3-5-9-6-4-8-7(9)2;3-1-2-7(4,5)6/h4,6H,3,5H2,1-2H3;1-3H2,(H,4,5,6). The highest BCUT2D eigenvalue weighted by Crippen LogP contribution is 1.95. The summed E-state index contributed by atoms with van der Waals surface area (Å²) in [5.41, 5.74) is 4.78. The predicted octanol–water partition coefficient (Wildman–Crippen LogP) is 0.434. The van der Waals surface area contributed by atoms with Gasteiger partial charge in [0, 0.05) is 25.5 Å². The zero-order chi connectivity index (χ0) is 12.6. The number of imidazole rings is 1. The molecule has 0 atom stereocenters. The van der Waals surface area contributed by atoms with Gasteiger partial charge >= 0.3 is 0 Å². The lowest BCUT2D eigenvalue weighted by atomic mass is 10.5. The Bertz CT molecular complexity index is 386. The molecule has 6 nitrogen and oxygen atoms in total. The first-order valence-electron chi connectivity index (χ1n) is 5.03. The fourth-order valence-electron chi connectivity index (χ4n) is 1.03. The zero-order valence-corrected chi connectivity index (χ0v) is 10.4. The molecule has 1 aromatic rings. The van der Waals surface area contributed by atoms with Gasteiger partial charge in [0.2, 0.25) is 0 Å². The van der Waals surface area contributed by atoms with Crippen molar-refractivity contribution in [3.8, 4) is 0 Å². The maximum absolute atomic E-state index is 9.71. The molecule has 0 radical (unpaired) electrons. The lowest BCUT2D eigenvalue weighted by Crippen LogP contribution is -2.13. The number of aromatic nitrogens is 2. The van der Waals surface area contributed by atoms with Gasteiger partial charge in [-0.2, -0.15) is 8.42 Å². The minimum Gasteiger partial charge on any atom is -0.335 e. The Morgan fingerprint density at radius 2 is 2.19 bits per heavy atom. The van der Waals surface area contributed by atoms with Crippen LogP contribution < -0.4 is 5.73 Å². The maximum atomic E-state index is 9.71. The van der Waals surface area contributed by atoms with E-state index in [-0.39, 0.29) is 12.3 Å². The SMILES string of the molecule is CCCn1ccnc1C.NCCS(=O)(=O)O. The van der Waals surface area contributed by atoms with E-state index in [1.807, 2.05) is 19.3 Å². The third-order valence-corrected chi connectivity index (χ3v) is 2.52. The minimum atomic E-state index is -3.80. The average Bonchev–Trinajstić information content (AvgIpc) is 2.52. The normalized spacial score (nSPS) is 10.8. The Balaban J connectivity index is 0.000000293. The van der Waals surface area contributed by atoms with E-state index in [1.165, 1.54) is 6.42 Å². The second kappa shape index (κ2) is 7.37. The Morgan fingerprint density at radius 1 is 1.56 bits per heavy atom. The molecule has 7 heteroatoms. The molecule has 0 aromatic carbocycles. The van der Waals surface area contributed by atoms with E-state index in [0.29, 0.717) is 0 Å². The lowest BCUT2D eigenvalue weighted by molar-refractivity contribution is 0.483. The van der Waals surface area contributed by atoms with Crippen LogP contribution in [0.3, 0.4) is 0 Å². The monoisotopic (exact) mass is 249 g/mol. The molecule has 0 spiro atoms. The predicted molar refractivity (Wildman–Crippen MR) is 62.7 cm³/mol. The van der Waals surface area contributed by atoms with Crippen LogP contribution in [0.25, 0.3) is 0 Å². The van der Waals surface area contributed by atoms with Gasteiger partial charge in [-0.3, -0.25) is 4.55 Å². The molecule has 3 N–H and O–H groups in total. The van der Waals surface area contributed by atoms with Gasteiger partial charge in [-0.05, 0) is 13.3 Å². The molecule has 94 valence electrons.